The minimum Gasteiger partial charge on any atom is -0.497 e. The number of urea groups is 1. The van der Waals surface area contributed by atoms with Crippen molar-refractivity contribution in [2.24, 2.45) is 0 Å². The van der Waals surface area contributed by atoms with Gasteiger partial charge in [0.15, 0.2) is 11.3 Å². The Kier molecular flexibility index (Phi) is 6.07. The lowest BCUT2D eigenvalue weighted by atomic mass is 9.82. The van der Waals surface area contributed by atoms with Gasteiger partial charge in [0.1, 0.15) is 11.5 Å². The number of carbonyl (C=O) groups excluding carboxylic acids is 3. The number of Topliss-reactive ketones (excluding diaryl/α,β-unsaturated/α-hetero) is 1. The van der Waals surface area contributed by atoms with Crippen LogP contribution in [0.4, 0.5) is 4.79 Å². The average Bonchev–Trinajstić information content (AvgIpc) is 3.09. The first-order valence-electron chi connectivity index (χ1n) is 10.1. The molecule has 0 bridgehead atoms. The van der Waals surface area contributed by atoms with Crippen LogP contribution in [0, 0.1) is 0 Å². The van der Waals surface area contributed by atoms with Gasteiger partial charge >= 0.3 is 6.03 Å². The molecular formula is C25H21ClN2O5. The number of amides is 3. The third-order valence-electron chi connectivity index (χ3n) is 5.60. The maximum absolute atomic E-state index is 13.8. The van der Waals surface area contributed by atoms with Gasteiger partial charge in [0, 0.05) is 10.6 Å². The van der Waals surface area contributed by atoms with Crippen LogP contribution in [0.5, 0.6) is 11.5 Å². The number of carbonyl (C=O) groups is 3. The van der Waals surface area contributed by atoms with Gasteiger partial charge in [0.2, 0.25) is 0 Å². The van der Waals surface area contributed by atoms with Crippen molar-refractivity contribution in [1.29, 1.82) is 0 Å². The molecule has 1 heterocycles. The maximum atomic E-state index is 13.8. The van der Waals surface area contributed by atoms with E-state index >= 15 is 0 Å². The van der Waals surface area contributed by atoms with Gasteiger partial charge in [-0.25, -0.2) is 4.79 Å². The van der Waals surface area contributed by atoms with Crippen LogP contribution in [0.25, 0.3) is 0 Å². The smallest absolute Gasteiger partial charge is 0.325 e. The Bertz CT molecular complexity index is 1160. The van der Waals surface area contributed by atoms with Gasteiger partial charge < -0.3 is 14.8 Å². The Hall–Kier alpha value is -3.84. The minimum atomic E-state index is -1.51. The Labute approximate surface area is 195 Å². The summed E-state index contributed by atoms with van der Waals surface area (Å²) in [5, 5.41) is 3.21. The number of ketones is 1. The average molecular weight is 465 g/mol. The molecule has 0 atom stereocenters. The molecule has 0 unspecified atom stereocenters. The highest BCUT2D eigenvalue weighted by Crippen LogP contribution is 2.37. The van der Waals surface area contributed by atoms with Gasteiger partial charge in [-0.05, 0) is 47.5 Å². The molecule has 0 aliphatic carbocycles. The van der Waals surface area contributed by atoms with Crippen molar-refractivity contribution in [2.75, 3.05) is 20.8 Å². The van der Waals surface area contributed by atoms with Crippen LogP contribution in [-0.4, -0.2) is 43.4 Å². The molecule has 0 radical (unpaired) electrons. The number of benzene rings is 3. The topological polar surface area (TPSA) is 84.9 Å². The van der Waals surface area contributed by atoms with E-state index in [1.165, 1.54) is 6.07 Å². The normalized spacial score (nSPS) is 14.7. The van der Waals surface area contributed by atoms with E-state index in [1.54, 1.807) is 80.9 Å². The van der Waals surface area contributed by atoms with E-state index in [1.807, 2.05) is 0 Å². The molecule has 0 aromatic heterocycles. The molecule has 4 rings (SSSR count). The number of imide groups is 1. The van der Waals surface area contributed by atoms with Crippen LogP contribution in [0.2, 0.25) is 5.02 Å². The lowest BCUT2D eigenvalue weighted by Crippen LogP contribution is -2.45. The Balaban J connectivity index is 1.75. The Morgan fingerprint density at radius 3 is 1.94 bits per heavy atom. The first-order chi connectivity index (χ1) is 15.9. The molecule has 0 spiro atoms. The first-order valence-corrected chi connectivity index (χ1v) is 10.5. The van der Waals surface area contributed by atoms with Crippen molar-refractivity contribution in [3.63, 3.8) is 0 Å². The van der Waals surface area contributed by atoms with Crippen molar-refractivity contribution in [1.82, 2.24) is 10.2 Å². The van der Waals surface area contributed by atoms with Crippen LogP contribution in [0.3, 0.4) is 0 Å². The van der Waals surface area contributed by atoms with Crippen molar-refractivity contribution >= 4 is 29.3 Å². The molecule has 1 N–H and O–H groups in total. The van der Waals surface area contributed by atoms with Gasteiger partial charge in [0.05, 0.1) is 20.8 Å². The predicted molar refractivity (Wildman–Crippen MR) is 123 cm³/mol. The summed E-state index contributed by atoms with van der Waals surface area (Å²) in [5.74, 6) is 0.251. The van der Waals surface area contributed by atoms with Crippen LogP contribution in [-0.2, 0) is 10.3 Å². The molecule has 3 amide bonds. The van der Waals surface area contributed by atoms with E-state index in [-0.39, 0.29) is 0 Å². The van der Waals surface area contributed by atoms with Gasteiger partial charge in [-0.1, -0.05) is 48.0 Å². The Morgan fingerprint density at radius 2 is 1.45 bits per heavy atom. The molecule has 1 aliphatic rings. The highest BCUT2D eigenvalue weighted by Gasteiger charge is 2.54. The van der Waals surface area contributed by atoms with E-state index in [0.29, 0.717) is 33.2 Å². The quantitative estimate of drug-likeness (QED) is 0.421. The summed E-state index contributed by atoms with van der Waals surface area (Å²) in [6.07, 6.45) is 0. The third-order valence-corrected chi connectivity index (χ3v) is 5.84. The number of ether oxygens (including phenoxy) is 2. The van der Waals surface area contributed by atoms with Gasteiger partial charge in [-0.3, -0.25) is 14.5 Å². The summed E-state index contributed by atoms with van der Waals surface area (Å²) in [4.78, 5) is 40.5. The van der Waals surface area contributed by atoms with Crippen molar-refractivity contribution < 1.29 is 23.9 Å². The number of halogens is 1. The molecule has 7 nitrogen and oxygen atoms in total. The second-order valence-electron chi connectivity index (χ2n) is 7.46. The van der Waals surface area contributed by atoms with E-state index in [9.17, 15) is 14.4 Å². The molecule has 1 saturated heterocycles. The first kappa shape index (κ1) is 22.4. The number of nitrogens with zero attached hydrogens (tertiary/aromatic N) is 1. The second kappa shape index (κ2) is 8.96. The fraction of sp³-hybridized carbons (Fsp3) is 0.160. The molecule has 3 aromatic carbocycles. The summed E-state index contributed by atoms with van der Waals surface area (Å²) < 4.78 is 10.5. The third kappa shape index (κ3) is 4.03. The largest absolute Gasteiger partial charge is 0.497 e. The van der Waals surface area contributed by atoms with Gasteiger partial charge in [0.25, 0.3) is 5.91 Å². The van der Waals surface area contributed by atoms with E-state index in [0.717, 1.165) is 4.90 Å². The lowest BCUT2D eigenvalue weighted by molar-refractivity contribution is -0.129. The predicted octanol–water partition coefficient (Wildman–Crippen LogP) is 4.04. The summed E-state index contributed by atoms with van der Waals surface area (Å²) in [5.41, 5.74) is -0.131. The van der Waals surface area contributed by atoms with Crippen molar-refractivity contribution in [2.45, 2.75) is 5.54 Å². The van der Waals surface area contributed by atoms with E-state index in [2.05, 4.69) is 5.32 Å². The number of nitrogens with one attached hydrogen (secondary N) is 1. The zero-order chi connectivity index (χ0) is 23.6. The number of hydrogen-bond donors (Lipinski definition) is 1. The molecule has 3 aromatic rings. The van der Waals surface area contributed by atoms with Gasteiger partial charge in [-0.15, -0.1) is 0 Å². The molecule has 1 fully saturated rings. The molecular weight excluding hydrogens is 444 g/mol. The second-order valence-corrected chi connectivity index (χ2v) is 7.90. The molecule has 8 heteroatoms. The molecule has 0 saturated carbocycles. The summed E-state index contributed by atoms with van der Waals surface area (Å²) in [6.45, 7) is -0.418. The SMILES string of the molecule is COc1ccc(C2(c3ccc(OC)cc3)NC(=O)N(CC(=O)c3cccc(Cl)c3)C2=O)cc1. The zero-order valence-electron chi connectivity index (χ0n) is 18.0. The highest BCUT2D eigenvalue weighted by atomic mass is 35.5. The lowest BCUT2D eigenvalue weighted by Gasteiger charge is -2.28. The molecule has 168 valence electrons. The molecule has 33 heavy (non-hydrogen) atoms. The van der Waals surface area contributed by atoms with Crippen LogP contribution >= 0.6 is 11.6 Å². The van der Waals surface area contributed by atoms with Crippen molar-refractivity contribution in [3.8, 4) is 11.5 Å². The van der Waals surface area contributed by atoms with Crippen molar-refractivity contribution in [3.05, 3.63) is 94.5 Å². The van der Waals surface area contributed by atoms with Crippen LogP contribution < -0.4 is 14.8 Å². The minimum absolute atomic E-state index is 0.314. The molecule has 1 aliphatic heterocycles. The maximum Gasteiger partial charge on any atom is 0.325 e. The van der Waals surface area contributed by atoms with E-state index < -0.39 is 29.8 Å². The zero-order valence-corrected chi connectivity index (χ0v) is 18.8. The monoisotopic (exact) mass is 464 g/mol. The Morgan fingerprint density at radius 1 is 0.909 bits per heavy atom. The summed E-state index contributed by atoms with van der Waals surface area (Å²) >= 11 is 5.99. The standard InChI is InChI=1S/C25H21ClN2O5/c1-32-20-10-6-17(7-11-20)25(18-8-12-21(33-2)13-9-18)23(30)28(24(31)27-25)15-22(29)16-4-3-5-19(26)14-16/h3-14H,15H2,1-2H3,(H,27,31). The van der Waals surface area contributed by atoms with E-state index in [4.69, 9.17) is 21.1 Å². The summed E-state index contributed by atoms with van der Waals surface area (Å²) in [6, 6.07) is 19.4. The summed E-state index contributed by atoms with van der Waals surface area (Å²) in [7, 11) is 3.08. The van der Waals surface area contributed by atoms with Crippen LogP contribution in [0.1, 0.15) is 21.5 Å². The highest BCUT2D eigenvalue weighted by molar-refractivity contribution is 6.31. The van der Waals surface area contributed by atoms with Gasteiger partial charge in [-0.2, -0.15) is 0 Å². The number of rotatable bonds is 7. The number of hydrogen-bond acceptors (Lipinski definition) is 5. The fourth-order valence-corrected chi connectivity index (χ4v) is 4.05. The fourth-order valence-electron chi connectivity index (χ4n) is 3.86. The number of methoxy groups -OCH3 is 2. The van der Waals surface area contributed by atoms with Crippen LogP contribution in [0.15, 0.2) is 72.8 Å².